The van der Waals surface area contributed by atoms with E-state index in [9.17, 15) is 0 Å². The molecular formula is C14H12BrO. The summed E-state index contributed by atoms with van der Waals surface area (Å²) in [7, 11) is 1.67. The molecule has 0 N–H and O–H groups in total. The van der Waals surface area contributed by atoms with E-state index in [0.717, 1.165) is 15.8 Å². The van der Waals surface area contributed by atoms with Crippen molar-refractivity contribution in [3.8, 4) is 5.75 Å². The van der Waals surface area contributed by atoms with Crippen LogP contribution in [0.15, 0.2) is 53.0 Å². The van der Waals surface area contributed by atoms with E-state index in [1.54, 1.807) is 7.11 Å². The van der Waals surface area contributed by atoms with Crippen LogP contribution in [0.5, 0.6) is 5.75 Å². The maximum atomic E-state index is 5.12. The molecule has 0 heterocycles. The number of rotatable bonds is 3. The summed E-state index contributed by atoms with van der Waals surface area (Å²) < 4.78 is 6.22. The monoisotopic (exact) mass is 275 g/mol. The van der Waals surface area contributed by atoms with Crippen molar-refractivity contribution in [1.82, 2.24) is 0 Å². The second kappa shape index (κ2) is 5.17. The predicted molar refractivity (Wildman–Crippen MR) is 69.6 cm³/mol. The molecule has 0 aliphatic rings. The third-order valence-electron chi connectivity index (χ3n) is 2.34. The molecule has 0 aromatic heterocycles. The molecule has 2 aromatic rings. The van der Waals surface area contributed by atoms with E-state index in [1.165, 1.54) is 5.56 Å². The first kappa shape index (κ1) is 11.2. The van der Waals surface area contributed by atoms with Crippen molar-refractivity contribution < 1.29 is 4.74 Å². The Morgan fingerprint density at radius 3 is 2.31 bits per heavy atom. The largest absolute Gasteiger partial charge is 0.497 e. The van der Waals surface area contributed by atoms with Crippen LogP contribution in [0.3, 0.4) is 0 Å². The SMILES string of the molecule is COc1ccc([CH]c2ccccc2Br)cc1. The highest BCUT2D eigenvalue weighted by atomic mass is 79.9. The molecule has 0 unspecified atom stereocenters. The maximum absolute atomic E-state index is 5.12. The van der Waals surface area contributed by atoms with Crippen LogP contribution in [0.4, 0.5) is 0 Å². The third kappa shape index (κ3) is 2.64. The molecule has 0 aliphatic heterocycles. The lowest BCUT2D eigenvalue weighted by atomic mass is 10.1. The quantitative estimate of drug-likeness (QED) is 0.821. The summed E-state index contributed by atoms with van der Waals surface area (Å²) in [4.78, 5) is 0. The fraction of sp³-hybridized carbons (Fsp3) is 0.0714. The maximum Gasteiger partial charge on any atom is 0.118 e. The van der Waals surface area contributed by atoms with Crippen molar-refractivity contribution in [3.63, 3.8) is 0 Å². The molecule has 0 saturated heterocycles. The fourth-order valence-electron chi connectivity index (χ4n) is 1.47. The van der Waals surface area contributed by atoms with Gasteiger partial charge in [0, 0.05) is 10.9 Å². The Morgan fingerprint density at radius 1 is 1.00 bits per heavy atom. The lowest BCUT2D eigenvalue weighted by Gasteiger charge is -2.05. The molecule has 0 saturated carbocycles. The molecule has 2 rings (SSSR count). The smallest absolute Gasteiger partial charge is 0.118 e. The number of benzene rings is 2. The van der Waals surface area contributed by atoms with E-state index < -0.39 is 0 Å². The fourth-order valence-corrected chi connectivity index (χ4v) is 1.87. The van der Waals surface area contributed by atoms with E-state index in [-0.39, 0.29) is 0 Å². The third-order valence-corrected chi connectivity index (χ3v) is 3.07. The van der Waals surface area contributed by atoms with Crippen molar-refractivity contribution in [2.24, 2.45) is 0 Å². The average Bonchev–Trinajstić information content (AvgIpc) is 2.33. The van der Waals surface area contributed by atoms with Crippen molar-refractivity contribution >= 4 is 15.9 Å². The number of hydrogen-bond donors (Lipinski definition) is 0. The predicted octanol–water partition coefficient (Wildman–Crippen LogP) is 4.06. The van der Waals surface area contributed by atoms with Gasteiger partial charge in [0.15, 0.2) is 0 Å². The highest BCUT2D eigenvalue weighted by Gasteiger charge is 2.01. The zero-order chi connectivity index (χ0) is 11.4. The first-order valence-corrected chi connectivity index (χ1v) is 5.82. The second-order valence-corrected chi connectivity index (χ2v) is 4.29. The van der Waals surface area contributed by atoms with Gasteiger partial charge in [-0.2, -0.15) is 0 Å². The van der Waals surface area contributed by atoms with Crippen LogP contribution in [0.25, 0.3) is 0 Å². The summed E-state index contributed by atoms with van der Waals surface area (Å²) in [6, 6.07) is 16.2. The van der Waals surface area contributed by atoms with E-state index in [2.05, 4.69) is 28.4 Å². The van der Waals surface area contributed by atoms with Crippen LogP contribution in [-0.2, 0) is 0 Å². The lowest BCUT2D eigenvalue weighted by Crippen LogP contribution is -1.87. The van der Waals surface area contributed by atoms with Crippen LogP contribution >= 0.6 is 15.9 Å². The molecule has 1 nitrogen and oxygen atoms in total. The minimum Gasteiger partial charge on any atom is -0.497 e. The first-order valence-electron chi connectivity index (χ1n) is 5.03. The van der Waals surface area contributed by atoms with E-state index in [1.807, 2.05) is 42.5 Å². The summed E-state index contributed by atoms with van der Waals surface area (Å²) >= 11 is 3.53. The molecule has 1 radical (unpaired) electrons. The minimum absolute atomic E-state index is 0.879. The Kier molecular flexibility index (Phi) is 3.62. The van der Waals surface area contributed by atoms with Crippen LogP contribution in [-0.4, -0.2) is 7.11 Å². The molecule has 81 valence electrons. The van der Waals surface area contributed by atoms with Gasteiger partial charge in [-0.1, -0.05) is 46.3 Å². The number of ether oxygens (including phenoxy) is 1. The molecule has 0 atom stereocenters. The van der Waals surface area contributed by atoms with Crippen molar-refractivity contribution in [2.45, 2.75) is 0 Å². The van der Waals surface area contributed by atoms with Gasteiger partial charge in [-0.15, -0.1) is 0 Å². The van der Waals surface area contributed by atoms with Crippen molar-refractivity contribution in [3.05, 3.63) is 70.6 Å². The van der Waals surface area contributed by atoms with Gasteiger partial charge >= 0.3 is 0 Å². The van der Waals surface area contributed by atoms with Gasteiger partial charge in [-0.25, -0.2) is 0 Å². The van der Waals surface area contributed by atoms with Gasteiger partial charge in [0.05, 0.1) is 7.11 Å². The van der Waals surface area contributed by atoms with Crippen LogP contribution in [0.2, 0.25) is 0 Å². The standard InChI is InChI=1S/C14H12BrO/c1-16-13-8-6-11(7-9-13)10-12-4-2-3-5-14(12)15/h2-10H,1H3. The Morgan fingerprint density at radius 2 is 1.69 bits per heavy atom. The molecule has 0 spiro atoms. The summed E-state index contributed by atoms with van der Waals surface area (Å²) in [5.41, 5.74) is 2.33. The Balaban J connectivity index is 2.18. The molecular weight excluding hydrogens is 264 g/mol. The lowest BCUT2D eigenvalue weighted by molar-refractivity contribution is 0.414. The molecule has 0 bridgehead atoms. The zero-order valence-electron chi connectivity index (χ0n) is 8.98. The van der Waals surface area contributed by atoms with Crippen LogP contribution in [0, 0.1) is 6.42 Å². The number of hydrogen-bond acceptors (Lipinski definition) is 1. The van der Waals surface area contributed by atoms with Gasteiger partial charge in [0.1, 0.15) is 5.75 Å². The molecule has 16 heavy (non-hydrogen) atoms. The summed E-state index contributed by atoms with van der Waals surface area (Å²) in [5.74, 6) is 0.879. The van der Waals surface area contributed by atoms with Gasteiger partial charge < -0.3 is 4.74 Å². The van der Waals surface area contributed by atoms with Gasteiger partial charge in [-0.05, 0) is 29.3 Å². The number of methoxy groups -OCH3 is 1. The van der Waals surface area contributed by atoms with Gasteiger partial charge in [0.25, 0.3) is 0 Å². The highest BCUT2D eigenvalue weighted by molar-refractivity contribution is 9.10. The molecule has 0 fully saturated rings. The van der Waals surface area contributed by atoms with Crippen LogP contribution in [0.1, 0.15) is 11.1 Å². The Labute approximate surface area is 104 Å². The van der Waals surface area contributed by atoms with E-state index in [0.29, 0.717) is 0 Å². The molecule has 0 amide bonds. The molecule has 2 heteroatoms. The van der Waals surface area contributed by atoms with E-state index >= 15 is 0 Å². The summed E-state index contributed by atoms with van der Waals surface area (Å²) in [5, 5.41) is 0. The summed E-state index contributed by atoms with van der Waals surface area (Å²) in [6.07, 6.45) is 2.13. The minimum atomic E-state index is 0.879. The normalized spacial score (nSPS) is 10.1. The average molecular weight is 276 g/mol. The summed E-state index contributed by atoms with van der Waals surface area (Å²) in [6.45, 7) is 0. The second-order valence-electron chi connectivity index (χ2n) is 3.44. The topological polar surface area (TPSA) is 9.23 Å². The van der Waals surface area contributed by atoms with E-state index in [4.69, 9.17) is 4.74 Å². The van der Waals surface area contributed by atoms with Crippen LogP contribution < -0.4 is 4.74 Å². The number of halogens is 1. The Hall–Kier alpha value is -1.28. The van der Waals surface area contributed by atoms with Crippen molar-refractivity contribution in [2.75, 3.05) is 7.11 Å². The molecule has 0 aliphatic carbocycles. The van der Waals surface area contributed by atoms with Gasteiger partial charge in [-0.3, -0.25) is 0 Å². The first-order chi connectivity index (χ1) is 7.79. The molecule has 2 aromatic carbocycles. The highest BCUT2D eigenvalue weighted by Crippen LogP contribution is 2.22. The Bertz CT molecular complexity index is 462. The van der Waals surface area contributed by atoms with Crippen molar-refractivity contribution in [1.29, 1.82) is 0 Å². The van der Waals surface area contributed by atoms with Gasteiger partial charge in [0.2, 0.25) is 0 Å². The zero-order valence-corrected chi connectivity index (χ0v) is 10.6.